The molecule has 0 fully saturated rings. The predicted octanol–water partition coefficient (Wildman–Crippen LogP) is 3.34. The maximum atomic E-state index is 5.65. The van der Waals surface area contributed by atoms with Crippen LogP contribution in [-0.2, 0) is 13.0 Å². The summed E-state index contributed by atoms with van der Waals surface area (Å²) in [5.74, 6) is 1.39. The highest BCUT2D eigenvalue weighted by molar-refractivity contribution is 5.25. The molecule has 0 aromatic carbocycles. The van der Waals surface area contributed by atoms with Crippen molar-refractivity contribution in [1.82, 2.24) is 10.3 Å². The number of hydrogen-bond acceptors (Lipinski definition) is 3. The van der Waals surface area contributed by atoms with Crippen LogP contribution in [0.5, 0.6) is 5.88 Å². The van der Waals surface area contributed by atoms with E-state index in [0.717, 1.165) is 37.5 Å². The molecule has 1 aromatic heterocycles. The average molecular weight is 262 g/mol. The maximum Gasteiger partial charge on any atom is 0.213 e. The van der Waals surface area contributed by atoms with Crippen LogP contribution >= 0.6 is 0 Å². The summed E-state index contributed by atoms with van der Waals surface area (Å²) in [4.78, 5) is 4.48. The molecule has 0 spiro atoms. The Morgan fingerprint density at radius 2 is 2.21 bits per heavy atom. The lowest BCUT2D eigenvalue weighted by Gasteiger charge is -2.11. The van der Waals surface area contributed by atoms with Gasteiger partial charge in [-0.25, -0.2) is 4.98 Å². The van der Waals surface area contributed by atoms with E-state index < -0.39 is 0 Å². The van der Waals surface area contributed by atoms with Crippen molar-refractivity contribution in [2.45, 2.75) is 40.2 Å². The normalized spacial score (nSPS) is 10.7. The van der Waals surface area contributed by atoms with E-state index in [0.29, 0.717) is 12.5 Å². The Morgan fingerprint density at radius 3 is 2.84 bits per heavy atom. The van der Waals surface area contributed by atoms with Crippen LogP contribution in [0.25, 0.3) is 0 Å². The standard InChI is InChI=1S/C16H26N2O/c1-5-7-8-19-16-10-14(9-15(6-2)18-16)12-17-11-13(3)4/h5,9-10,13,17H,1,6-8,11-12H2,2-4H3. The van der Waals surface area contributed by atoms with Crippen LogP contribution in [0.1, 0.15) is 38.4 Å². The second-order valence-electron chi connectivity index (χ2n) is 5.11. The van der Waals surface area contributed by atoms with E-state index in [2.05, 4.69) is 43.7 Å². The minimum absolute atomic E-state index is 0.641. The van der Waals surface area contributed by atoms with Gasteiger partial charge in [-0.1, -0.05) is 26.8 Å². The largest absolute Gasteiger partial charge is 0.477 e. The number of aryl methyl sites for hydroxylation is 1. The third kappa shape index (κ3) is 6.39. The van der Waals surface area contributed by atoms with Crippen molar-refractivity contribution in [3.63, 3.8) is 0 Å². The molecule has 0 saturated heterocycles. The predicted molar refractivity (Wildman–Crippen MR) is 80.5 cm³/mol. The zero-order valence-electron chi connectivity index (χ0n) is 12.4. The summed E-state index contributed by atoms with van der Waals surface area (Å²) in [6.07, 6.45) is 3.63. The van der Waals surface area contributed by atoms with Gasteiger partial charge in [0.15, 0.2) is 0 Å². The van der Waals surface area contributed by atoms with E-state index in [1.165, 1.54) is 5.56 Å². The van der Waals surface area contributed by atoms with Crippen LogP contribution in [0.3, 0.4) is 0 Å². The minimum atomic E-state index is 0.641. The van der Waals surface area contributed by atoms with Crippen molar-refractivity contribution >= 4 is 0 Å². The summed E-state index contributed by atoms with van der Waals surface area (Å²) in [6, 6.07) is 4.17. The first-order valence-corrected chi connectivity index (χ1v) is 7.10. The minimum Gasteiger partial charge on any atom is -0.477 e. The number of aromatic nitrogens is 1. The summed E-state index contributed by atoms with van der Waals surface area (Å²) in [7, 11) is 0. The first-order chi connectivity index (χ1) is 9.15. The van der Waals surface area contributed by atoms with Gasteiger partial charge in [0.2, 0.25) is 5.88 Å². The smallest absolute Gasteiger partial charge is 0.213 e. The molecule has 0 amide bonds. The highest BCUT2D eigenvalue weighted by Gasteiger charge is 2.03. The van der Waals surface area contributed by atoms with Gasteiger partial charge >= 0.3 is 0 Å². The molecular formula is C16H26N2O. The summed E-state index contributed by atoms with van der Waals surface area (Å²) in [5, 5.41) is 3.45. The van der Waals surface area contributed by atoms with Crippen molar-refractivity contribution in [3.8, 4) is 5.88 Å². The first kappa shape index (κ1) is 15.7. The molecule has 0 aliphatic heterocycles. The molecule has 1 heterocycles. The second kappa shape index (κ2) is 8.70. The summed E-state index contributed by atoms with van der Waals surface area (Å²) >= 11 is 0. The van der Waals surface area contributed by atoms with Crippen LogP contribution < -0.4 is 10.1 Å². The quantitative estimate of drug-likeness (QED) is 0.547. The van der Waals surface area contributed by atoms with Crippen molar-refractivity contribution in [3.05, 3.63) is 36.0 Å². The van der Waals surface area contributed by atoms with Crippen molar-refractivity contribution in [2.24, 2.45) is 5.92 Å². The molecule has 0 aliphatic rings. The van der Waals surface area contributed by atoms with E-state index in [4.69, 9.17) is 4.74 Å². The van der Waals surface area contributed by atoms with Gasteiger partial charge in [-0.2, -0.15) is 0 Å². The Hall–Kier alpha value is -1.35. The Bertz CT molecular complexity index is 388. The summed E-state index contributed by atoms with van der Waals surface area (Å²) in [5.41, 5.74) is 2.32. The molecule has 0 atom stereocenters. The van der Waals surface area contributed by atoms with Crippen LogP contribution in [0.4, 0.5) is 0 Å². The molecule has 3 nitrogen and oxygen atoms in total. The fourth-order valence-corrected chi connectivity index (χ4v) is 1.73. The molecule has 1 N–H and O–H groups in total. The molecule has 106 valence electrons. The van der Waals surface area contributed by atoms with E-state index in [-0.39, 0.29) is 0 Å². The zero-order valence-corrected chi connectivity index (χ0v) is 12.4. The Kier molecular flexibility index (Phi) is 7.19. The number of nitrogens with zero attached hydrogens (tertiary/aromatic N) is 1. The van der Waals surface area contributed by atoms with Gasteiger partial charge in [-0.05, 0) is 36.9 Å². The molecule has 0 aliphatic carbocycles. The van der Waals surface area contributed by atoms with Gasteiger partial charge in [-0.15, -0.1) is 6.58 Å². The Labute approximate surface area is 117 Å². The molecule has 3 heteroatoms. The summed E-state index contributed by atoms with van der Waals surface area (Å²) < 4.78 is 5.65. The van der Waals surface area contributed by atoms with Gasteiger partial charge in [0.1, 0.15) is 0 Å². The van der Waals surface area contributed by atoms with E-state index in [1.807, 2.05) is 12.1 Å². The van der Waals surface area contributed by atoms with Gasteiger partial charge in [0.25, 0.3) is 0 Å². The number of hydrogen-bond donors (Lipinski definition) is 1. The number of ether oxygens (including phenoxy) is 1. The van der Waals surface area contributed by atoms with Crippen molar-refractivity contribution < 1.29 is 4.74 Å². The Morgan fingerprint density at radius 1 is 1.42 bits per heavy atom. The van der Waals surface area contributed by atoms with Crippen LogP contribution in [-0.4, -0.2) is 18.1 Å². The lowest BCUT2D eigenvalue weighted by Crippen LogP contribution is -2.19. The maximum absolute atomic E-state index is 5.65. The highest BCUT2D eigenvalue weighted by atomic mass is 16.5. The lowest BCUT2D eigenvalue weighted by atomic mass is 10.2. The van der Waals surface area contributed by atoms with Crippen molar-refractivity contribution in [2.75, 3.05) is 13.2 Å². The SMILES string of the molecule is C=CCCOc1cc(CNCC(C)C)cc(CC)n1. The number of pyridine rings is 1. The lowest BCUT2D eigenvalue weighted by molar-refractivity contribution is 0.311. The van der Waals surface area contributed by atoms with E-state index in [1.54, 1.807) is 0 Å². The fourth-order valence-electron chi connectivity index (χ4n) is 1.73. The molecule has 0 bridgehead atoms. The Balaban J connectivity index is 2.63. The fraction of sp³-hybridized carbons (Fsp3) is 0.562. The molecule has 0 radical (unpaired) electrons. The highest BCUT2D eigenvalue weighted by Crippen LogP contribution is 2.14. The van der Waals surface area contributed by atoms with E-state index >= 15 is 0 Å². The number of nitrogens with one attached hydrogen (secondary N) is 1. The molecule has 1 aromatic rings. The monoisotopic (exact) mass is 262 g/mol. The molecule has 0 unspecified atom stereocenters. The molecule has 1 rings (SSSR count). The molecule has 0 saturated carbocycles. The van der Waals surface area contributed by atoms with Crippen LogP contribution in [0.15, 0.2) is 24.8 Å². The average Bonchev–Trinajstić information content (AvgIpc) is 2.38. The van der Waals surface area contributed by atoms with Crippen molar-refractivity contribution in [1.29, 1.82) is 0 Å². The van der Waals surface area contributed by atoms with Crippen LogP contribution in [0, 0.1) is 5.92 Å². The third-order valence-electron chi connectivity index (χ3n) is 2.73. The third-order valence-corrected chi connectivity index (χ3v) is 2.73. The first-order valence-electron chi connectivity index (χ1n) is 7.10. The van der Waals surface area contributed by atoms with Gasteiger partial charge in [-0.3, -0.25) is 0 Å². The molecule has 19 heavy (non-hydrogen) atoms. The second-order valence-corrected chi connectivity index (χ2v) is 5.11. The molecular weight excluding hydrogens is 236 g/mol. The van der Waals surface area contributed by atoms with Crippen LogP contribution in [0.2, 0.25) is 0 Å². The topological polar surface area (TPSA) is 34.1 Å². The van der Waals surface area contributed by atoms with Gasteiger partial charge < -0.3 is 10.1 Å². The van der Waals surface area contributed by atoms with Gasteiger partial charge in [0, 0.05) is 18.3 Å². The van der Waals surface area contributed by atoms with E-state index in [9.17, 15) is 0 Å². The van der Waals surface area contributed by atoms with Gasteiger partial charge in [0.05, 0.1) is 6.61 Å². The zero-order chi connectivity index (χ0) is 14.1. The number of rotatable bonds is 9. The summed E-state index contributed by atoms with van der Waals surface area (Å²) in [6.45, 7) is 12.8.